The van der Waals surface area contributed by atoms with Crippen LogP contribution in [-0.2, 0) is 0 Å². The normalized spacial score (nSPS) is 12.6. The van der Waals surface area contributed by atoms with Crippen molar-refractivity contribution in [3.8, 4) is 33.3 Å². The largest absolute Gasteiger partial charge is 0.374 e. The first-order valence-electron chi connectivity index (χ1n) is 11.3. The highest BCUT2D eigenvalue weighted by molar-refractivity contribution is 7.13. The molecular weight excluding hydrogens is 479 g/mol. The van der Waals surface area contributed by atoms with E-state index in [1.807, 2.05) is 32.0 Å². The van der Waals surface area contributed by atoms with E-state index in [2.05, 4.69) is 35.5 Å². The number of halogens is 1. The van der Waals surface area contributed by atoms with Gasteiger partial charge in [-0.05, 0) is 36.2 Å². The zero-order chi connectivity index (χ0) is 24.8. The summed E-state index contributed by atoms with van der Waals surface area (Å²) in [6.07, 6.45) is 6.09. The zero-order valence-electron chi connectivity index (χ0n) is 19.3. The molecule has 0 saturated heterocycles. The molecule has 1 unspecified atom stereocenters. The first-order chi connectivity index (χ1) is 17.5. The topological polar surface area (TPSA) is 128 Å². The van der Waals surface area contributed by atoms with Gasteiger partial charge in [0.1, 0.15) is 23.1 Å². The van der Waals surface area contributed by atoms with Gasteiger partial charge in [0.05, 0.1) is 39.7 Å². The molecule has 0 radical (unpaired) electrons. The van der Waals surface area contributed by atoms with Crippen LogP contribution < -0.4 is 5.32 Å². The number of hydrogen-bond acceptors (Lipinski definition) is 8. The van der Waals surface area contributed by atoms with Gasteiger partial charge in [-0.3, -0.25) is 20.1 Å². The average molecular weight is 501 g/mol. The van der Waals surface area contributed by atoms with Crippen LogP contribution in [0.3, 0.4) is 0 Å². The fraction of sp³-hybridized carbons (Fsp3) is 0.160. The summed E-state index contributed by atoms with van der Waals surface area (Å²) >= 11 is 1.03. The van der Waals surface area contributed by atoms with Crippen molar-refractivity contribution in [2.75, 3.05) is 5.32 Å². The minimum atomic E-state index is -0.684. The summed E-state index contributed by atoms with van der Waals surface area (Å²) in [6, 6.07) is 8.78. The lowest BCUT2D eigenvalue weighted by Crippen LogP contribution is -2.24. The van der Waals surface area contributed by atoms with Crippen LogP contribution in [0.15, 0.2) is 55.1 Å². The predicted molar refractivity (Wildman–Crippen MR) is 138 cm³/mol. The number of nitrogens with one attached hydrogen (secondary N) is 3. The van der Waals surface area contributed by atoms with Crippen LogP contribution in [0.2, 0.25) is 0 Å². The Morgan fingerprint density at radius 1 is 1.03 bits per heavy atom. The maximum Gasteiger partial charge on any atom is 0.177 e. The van der Waals surface area contributed by atoms with Crippen molar-refractivity contribution < 1.29 is 9.50 Å². The lowest BCUT2D eigenvalue weighted by molar-refractivity contribution is 0.153. The number of aromatic amines is 2. The third-order valence-corrected chi connectivity index (χ3v) is 6.74. The first kappa shape index (κ1) is 22.3. The smallest absolute Gasteiger partial charge is 0.177 e. The summed E-state index contributed by atoms with van der Waals surface area (Å²) in [7, 11) is 0. The maximum absolute atomic E-state index is 13.6. The Morgan fingerprint density at radius 2 is 1.92 bits per heavy atom. The SMILES string of the molecule is CC(C)C(O)Nc1cncc(-c2cc3c(-c4nc5c(-c6ccc(F)s6)nccc5[nH]4)n[nH]c3cn2)c1. The van der Waals surface area contributed by atoms with Crippen LogP contribution in [0, 0.1) is 11.0 Å². The molecule has 1 atom stereocenters. The lowest BCUT2D eigenvalue weighted by atomic mass is 10.1. The quantitative estimate of drug-likeness (QED) is 0.231. The van der Waals surface area contributed by atoms with E-state index in [0.717, 1.165) is 33.3 Å². The molecular formula is C25H21FN8OS. The summed E-state index contributed by atoms with van der Waals surface area (Å²) in [5.41, 5.74) is 5.62. The van der Waals surface area contributed by atoms with Crippen molar-refractivity contribution in [3.05, 3.63) is 60.3 Å². The van der Waals surface area contributed by atoms with Crippen molar-refractivity contribution in [2.45, 2.75) is 20.1 Å². The Morgan fingerprint density at radius 3 is 2.72 bits per heavy atom. The molecule has 0 aromatic carbocycles. The molecule has 0 saturated carbocycles. The lowest BCUT2D eigenvalue weighted by Gasteiger charge is -2.17. The molecule has 0 aliphatic rings. The fourth-order valence-corrected chi connectivity index (χ4v) is 4.65. The Balaban J connectivity index is 1.41. The van der Waals surface area contributed by atoms with Crippen LogP contribution >= 0.6 is 11.3 Å². The molecule has 6 heterocycles. The van der Waals surface area contributed by atoms with Gasteiger partial charge in [0.2, 0.25) is 0 Å². The highest BCUT2D eigenvalue weighted by Gasteiger charge is 2.18. The van der Waals surface area contributed by atoms with Gasteiger partial charge in [0.15, 0.2) is 11.0 Å². The molecule has 6 rings (SSSR count). The molecule has 6 aromatic rings. The number of anilines is 1. The van der Waals surface area contributed by atoms with E-state index in [9.17, 15) is 9.50 Å². The predicted octanol–water partition coefficient (Wildman–Crippen LogP) is 5.21. The number of rotatable bonds is 6. The van der Waals surface area contributed by atoms with Crippen LogP contribution in [-0.4, -0.2) is 46.5 Å². The van der Waals surface area contributed by atoms with Gasteiger partial charge in [-0.15, -0.1) is 11.3 Å². The third kappa shape index (κ3) is 3.97. The van der Waals surface area contributed by atoms with E-state index in [1.165, 1.54) is 6.07 Å². The van der Waals surface area contributed by atoms with Crippen LogP contribution in [0.4, 0.5) is 10.1 Å². The number of fused-ring (bicyclic) bond motifs is 2. The number of imidazole rings is 1. The monoisotopic (exact) mass is 500 g/mol. The highest BCUT2D eigenvalue weighted by Crippen LogP contribution is 2.33. The van der Waals surface area contributed by atoms with Crippen molar-refractivity contribution in [2.24, 2.45) is 5.92 Å². The van der Waals surface area contributed by atoms with Crippen molar-refractivity contribution >= 4 is 39.0 Å². The molecule has 0 aliphatic heterocycles. The molecule has 0 amide bonds. The molecule has 9 nitrogen and oxygen atoms in total. The van der Waals surface area contributed by atoms with Crippen LogP contribution in [0.25, 0.3) is 55.3 Å². The number of aromatic nitrogens is 7. The van der Waals surface area contributed by atoms with Gasteiger partial charge < -0.3 is 15.4 Å². The molecule has 4 N–H and O–H groups in total. The molecule has 6 aromatic heterocycles. The van der Waals surface area contributed by atoms with Gasteiger partial charge in [-0.1, -0.05) is 13.8 Å². The van der Waals surface area contributed by atoms with E-state index in [-0.39, 0.29) is 11.0 Å². The number of aliphatic hydroxyl groups is 1. The van der Waals surface area contributed by atoms with Crippen LogP contribution in [0.1, 0.15) is 13.8 Å². The zero-order valence-corrected chi connectivity index (χ0v) is 20.1. The van der Waals surface area contributed by atoms with Crippen molar-refractivity contribution in [1.82, 2.24) is 35.1 Å². The number of aliphatic hydroxyl groups excluding tert-OH is 1. The highest BCUT2D eigenvalue weighted by atomic mass is 32.1. The van der Waals surface area contributed by atoms with Crippen LogP contribution in [0.5, 0.6) is 0 Å². The number of nitrogens with zero attached hydrogens (tertiary/aromatic N) is 5. The summed E-state index contributed by atoms with van der Waals surface area (Å²) in [6.45, 7) is 3.86. The van der Waals surface area contributed by atoms with Crippen molar-refractivity contribution in [3.63, 3.8) is 0 Å². The molecule has 0 aliphatic carbocycles. The van der Waals surface area contributed by atoms with Gasteiger partial charge in [0.25, 0.3) is 0 Å². The molecule has 36 heavy (non-hydrogen) atoms. The Hall–Kier alpha value is -4.22. The van der Waals surface area contributed by atoms with Gasteiger partial charge in [0, 0.05) is 23.3 Å². The number of pyridine rings is 3. The number of thiophene rings is 1. The third-order valence-electron chi connectivity index (χ3n) is 5.86. The second-order valence-electron chi connectivity index (χ2n) is 8.73. The van der Waals surface area contributed by atoms with E-state index >= 15 is 0 Å². The number of hydrogen-bond donors (Lipinski definition) is 4. The van der Waals surface area contributed by atoms with Crippen molar-refractivity contribution in [1.29, 1.82) is 0 Å². The first-order valence-corrected chi connectivity index (χ1v) is 12.1. The second-order valence-corrected chi connectivity index (χ2v) is 9.76. The molecule has 11 heteroatoms. The van der Waals surface area contributed by atoms with E-state index in [0.29, 0.717) is 39.0 Å². The van der Waals surface area contributed by atoms with E-state index < -0.39 is 6.23 Å². The standard InChI is InChI=1S/C25H21FN8OS/c1-12(2)25(35)30-14-7-13(9-27-10-14)17-8-15-18(11-29-17)33-34-21(15)24-31-16-5-6-28-23(22(16)32-24)19-3-4-20(26)36-19/h3-12,25,30,35H,1-2H3,(H,31,32)(H,33,34). The summed E-state index contributed by atoms with van der Waals surface area (Å²) in [5.74, 6) is 0.614. The minimum absolute atomic E-state index is 0.0509. The van der Waals surface area contributed by atoms with Gasteiger partial charge >= 0.3 is 0 Å². The summed E-state index contributed by atoms with van der Waals surface area (Å²) < 4.78 is 13.6. The molecule has 0 fully saturated rings. The summed E-state index contributed by atoms with van der Waals surface area (Å²) in [5, 5.41) is 21.3. The maximum atomic E-state index is 13.6. The molecule has 180 valence electrons. The Bertz CT molecular complexity index is 1710. The second kappa shape index (κ2) is 8.77. The Kier molecular flexibility index (Phi) is 5.42. The van der Waals surface area contributed by atoms with E-state index in [1.54, 1.807) is 30.9 Å². The minimum Gasteiger partial charge on any atom is -0.374 e. The number of H-pyrrole nitrogens is 2. The van der Waals surface area contributed by atoms with E-state index in [4.69, 9.17) is 4.98 Å². The fourth-order valence-electron chi connectivity index (χ4n) is 3.92. The molecule has 0 spiro atoms. The molecule has 0 bridgehead atoms. The average Bonchev–Trinajstić information content (AvgIpc) is 3.61. The van der Waals surface area contributed by atoms with Gasteiger partial charge in [-0.25, -0.2) is 4.98 Å². The van der Waals surface area contributed by atoms with Gasteiger partial charge in [-0.2, -0.15) is 9.49 Å². The Labute approximate surface area is 208 Å². The summed E-state index contributed by atoms with van der Waals surface area (Å²) in [4.78, 5) is 22.1.